The van der Waals surface area contributed by atoms with Crippen LogP contribution in [0.4, 0.5) is 0 Å². The summed E-state index contributed by atoms with van der Waals surface area (Å²) in [4.78, 5) is 7.44. The van der Waals surface area contributed by atoms with Crippen LogP contribution < -0.4 is 0 Å². The van der Waals surface area contributed by atoms with Crippen LogP contribution in [0.2, 0.25) is 0 Å². The van der Waals surface area contributed by atoms with Gasteiger partial charge in [-0.2, -0.15) is 0 Å². The molecule has 0 bridgehead atoms. The molecule has 130 valence electrons. The molecule has 0 saturated carbocycles. The summed E-state index contributed by atoms with van der Waals surface area (Å²) in [5.74, 6) is 0.699. The van der Waals surface area contributed by atoms with Gasteiger partial charge in [0, 0.05) is 24.8 Å². The number of aromatic nitrogens is 2. The lowest BCUT2D eigenvalue weighted by atomic mass is 9.80. The van der Waals surface area contributed by atoms with Crippen molar-refractivity contribution in [3.63, 3.8) is 0 Å². The number of benzene rings is 3. The van der Waals surface area contributed by atoms with Crippen LogP contribution in [0.1, 0.15) is 42.4 Å². The second-order valence-electron chi connectivity index (χ2n) is 7.16. The summed E-state index contributed by atoms with van der Waals surface area (Å²) in [7, 11) is 0. The lowest BCUT2D eigenvalue weighted by Gasteiger charge is -2.24. The van der Waals surface area contributed by atoms with Crippen LogP contribution in [0.5, 0.6) is 0 Å². The SMILES string of the molecule is Cc1cccc2c1ccc1c3c(ccc12)CCC[C@H]3C.c1cnccn1. The molecule has 0 radical (unpaired) electrons. The van der Waals surface area contributed by atoms with E-state index in [2.05, 4.69) is 66.3 Å². The number of nitrogens with zero attached hydrogens (tertiary/aromatic N) is 2. The molecule has 3 aromatic carbocycles. The molecule has 2 heteroatoms. The highest BCUT2D eigenvalue weighted by atomic mass is 14.7. The Labute approximate surface area is 154 Å². The standard InChI is InChI=1S/C20H20.C4H4N2/c1-13-5-4-8-17-16(13)11-12-19-18(17)10-9-15-7-3-6-14(2)20(15)19;1-2-6-4-3-5-1/h4-5,8-12,14H,3,6-7H2,1-2H3;1-4H/t14-;/m1./s1. The monoisotopic (exact) mass is 340 g/mol. The molecule has 0 N–H and O–H groups in total. The Morgan fingerprint density at radius 3 is 2.15 bits per heavy atom. The van der Waals surface area contributed by atoms with Gasteiger partial charge in [-0.15, -0.1) is 0 Å². The van der Waals surface area contributed by atoms with E-state index in [-0.39, 0.29) is 0 Å². The van der Waals surface area contributed by atoms with Gasteiger partial charge in [-0.1, -0.05) is 49.4 Å². The quantitative estimate of drug-likeness (QED) is 0.355. The topological polar surface area (TPSA) is 25.8 Å². The zero-order valence-corrected chi connectivity index (χ0v) is 15.4. The van der Waals surface area contributed by atoms with E-state index in [0.29, 0.717) is 5.92 Å². The third-order valence-electron chi connectivity index (χ3n) is 5.46. The van der Waals surface area contributed by atoms with E-state index in [0.717, 1.165) is 0 Å². The lowest BCUT2D eigenvalue weighted by Crippen LogP contribution is -2.07. The zero-order valence-electron chi connectivity index (χ0n) is 15.4. The van der Waals surface area contributed by atoms with Crippen molar-refractivity contribution in [2.45, 2.75) is 39.0 Å². The van der Waals surface area contributed by atoms with Crippen LogP contribution >= 0.6 is 0 Å². The largest absolute Gasteiger partial charge is 0.262 e. The normalized spacial score (nSPS) is 16.0. The molecule has 0 spiro atoms. The fourth-order valence-electron chi connectivity index (χ4n) is 4.20. The molecule has 1 atom stereocenters. The maximum absolute atomic E-state index is 3.72. The fourth-order valence-corrected chi connectivity index (χ4v) is 4.20. The van der Waals surface area contributed by atoms with E-state index in [9.17, 15) is 0 Å². The summed E-state index contributed by atoms with van der Waals surface area (Å²) in [6.07, 6.45) is 10.5. The summed E-state index contributed by atoms with van der Waals surface area (Å²) in [5.41, 5.74) is 4.55. The molecule has 4 aromatic rings. The van der Waals surface area contributed by atoms with Gasteiger partial charge in [-0.3, -0.25) is 9.97 Å². The van der Waals surface area contributed by atoms with Crippen molar-refractivity contribution in [1.29, 1.82) is 0 Å². The molecule has 1 aromatic heterocycles. The van der Waals surface area contributed by atoms with E-state index in [1.54, 1.807) is 35.9 Å². The first-order chi connectivity index (χ1) is 12.8. The van der Waals surface area contributed by atoms with E-state index < -0.39 is 0 Å². The summed E-state index contributed by atoms with van der Waals surface area (Å²) in [5, 5.41) is 5.71. The van der Waals surface area contributed by atoms with Crippen molar-refractivity contribution in [1.82, 2.24) is 9.97 Å². The van der Waals surface area contributed by atoms with E-state index in [4.69, 9.17) is 0 Å². The van der Waals surface area contributed by atoms with Gasteiger partial charge in [-0.05, 0) is 70.3 Å². The Kier molecular flexibility index (Phi) is 4.66. The first-order valence-corrected chi connectivity index (χ1v) is 9.39. The molecule has 1 aliphatic rings. The number of rotatable bonds is 0. The van der Waals surface area contributed by atoms with Crippen LogP contribution in [0.15, 0.2) is 67.3 Å². The maximum atomic E-state index is 3.72. The van der Waals surface area contributed by atoms with Crippen molar-refractivity contribution >= 4 is 21.5 Å². The van der Waals surface area contributed by atoms with Crippen molar-refractivity contribution < 1.29 is 0 Å². The average Bonchev–Trinajstić information content (AvgIpc) is 2.69. The number of hydrogen-bond acceptors (Lipinski definition) is 2. The minimum Gasteiger partial charge on any atom is -0.262 e. The second kappa shape index (κ2) is 7.25. The molecule has 26 heavy (non-hydrogen) atoms. The van der Waals surface area contributed by atoms with Crippen molar-refractivity contribution in [3.05, 3.63) is 83.9 Å². The molecule has 5 rings (SSSR count). The Morgan fingerprint density at radius 1 is 0.769 bits per heavy atom. The van der Waals surface area contributed by atoms with Gasteiger partial charge in [0.25, 0.3) is 0 Å². The second-order valence-corrected chi connectivity index (χ2v) is 7.16. The summed E-state index contributed by atoms with van der Waals surface area (Å²) in [6.45, 7) is 4.59. The molecular formula is C24H24N2. The Bertz CT molecular complexity index is 1010. The fraction of sp³-hybridized carbons (Fsp3) is 0.250. The summed E-state index contributed by atoms with van der Waals surface area (Å²) in [6, 6.07) is 16.0. The molecule has 0 aliphatic heterocycles. The predicted octanol–water partition coefficient (Wildman–Crippen LogP) is 6.22. The summed E-state index contributed by atoms with van der Waals surface area (Å²) < 4.78 is 0. The Hall–Kier alpha value is -2.74. The van der Waals surface area contributed by atoms with Crippen molar-refractivity contribution in [2.75, 3.05) is 0 Å². The highest BCUT2D eigenvalue weighted by Crippen LogP contribution is 2.39. The molecule has 0 unspecified atom stereocenters. The maximum Gasteiger partial charge on any atom is 0.0451 e. The smallest absolute Gasteiger partial charge is 0.0451 e. The average molecular weight is 340 g/mol. The lowest BCUT2D eigenvalue weighted by molar-refractivity contribution is 0.595. The Balaban J connectivity index is 0.000000240. The minimum absolute atomic E-state index is 0.699. The molecular weight excluding hydrogens is 316 g/mol. The van der Waals surface area contributed by atoms with Crippen LogP contribution in [0.3, 0.4) is 0 Å². The van der Waals surface area contributed by atoms with E-state index >= 15 is 0 Å². The Morgan fingerprint density at radius 2 is 1.42 bits per heavy atom. The molecule has 0 saturated heterocycles. The first-order valence-electron chi connectivity index (χ1n) is 9.39. The first kappa shape index (κ1) is 16.7. The van der Waals surface area contributed by atoms with E-state index in [1.165, 1.54) is 46.4 Å². The molecule has 1 aliphatic carbocycles. The van der Waals surface area contributed by atoms with Gasteiger partial charge >= 0.3 is 0 Å². The van der Waals surface area contributed by atoms with Crippen molar-refractivity contribution in [2.24, 2.45) is 0 Å². The third kappa shape index (κ3) is 3.08. The van der Waals surface area contributed by atoms with Crippen LogP contribution in [0.25, 0.3) is 21.5 Å². The van der Waals surface area contributed by atoms with Gasteiger partial charge in [-0.25, -0.2) is 0 Å². The highest BCUT2D eigenvalue weighted by Gasteiger charge is 2.19. The van der Waals surface area contributed by atoms with Crippen LogP contribution in [0, 0.1) is 6.92 Å². The molecule has 2 nitrogen and oxygen atoms in total. The van der Waals surface area contributed by atoms with Crippen molar-refractivity contribution in [3.8, 4) is 0 Å². The molecule has 0 fully saturated rings. The summed E-state index contributed by atoms with van der Waals surface area (Å²) >= 11 is 0. The third-order valence-corrected chi connectivity index (χ3v) is 5.46. The van der Waals surface area contributed by atoms with E-state index in [1.807, 2.05) is 0 Å². The number of aryl methyl sites for hydroxylation is 2. The molecule has 0 amide bonds. The number of hydrogen-bond donors (Lipinski definition) is 0. The van der Waals surface area contributed by atoms with Crippen LogP contribution in [-0.4, -0.2) is 9.97 Å². The predicted molar refractivity (Wildman–Crippen MR) is 110 cm³/mol. The van der Waals surface area contributed by atoms with Gasteiger partial charge in [0.15, 0.2) is 0 Å². The van der Waals surface area contributed by atoms with Gasteiger partial charge < -0.3 is 0 Å². The number of fused-ring (bicyclic) bond motifs is 5. The van der Waals surface area contributed by atoms with Gasteiger partial charge in [0.2, 0.25) is 0 Å². The minimum atomic E-state index is 0.699. The highest BCUT2D eigenvalue weighted by molar-refractivity contribution is 6.09. The molecule has 1 heterocycles. The van der Waals surface area contributed by atoms with Gasteiger partial charge in [0.05, 0.1) is 0 Å². The van der Waals surface area contributed by atoms with Gasteiger partial charge in [0.1, 0.15) is 0 Å². The zero-order chi connectivity index (χ0) is 17.9. The van der Waals surface area contributed by atoms with Crippen LogP contribution in [-0.2, 0) is 6.42 Å².